The van der Waals surface area contributed by atoms with Gasteiger partial charge in [-0.3, -0.25) is 4.79 Å². The number of hydrogen-bond donors (Lipinski definition) is 1. The molecular formula is C27H25Cl2NO7. The van der Waals surface area contributed by atoms with Gasteiger partial charge < -0.3 is 29.0 Å². The van der Waals surface area contributed by atoms with Crippen molar-refractivity contribution in [2.75, 3.05) is 33.3 Å². The second-order valence-electron chi connectivity index (χ2n) is 7.51. The van der Waals surface area contributed by atoms with Gasteiger partial charge in [0.2, 0.25) is 5.75 Å². The van der Waals surface area contributed by atoms with Crippen molar-refractivity contribution in [1.29, 1.82) is 0 Å². The molecule has 37 heavy (non-hydrogen) atoms. The summed E-state index contributed by atoms with van der Waals surface area (Å²) >= 11 is 12.0. The number of ether oxygens (including phenoxy) is 5. The van der Waals surface area contributed by atoms with E-state index in [-0.39, 0.29) is 6.61 Å². The van der Waals surface area contributed by atoms with Crippen molar-refractivity contribution < 1.29 is 33.3 Å². The molecule has 0 atom stereocenters. The van der Waals surface area contributed by atoms with E-state index in [0.29, 0.717) is 44.3 Å². The molecule has 3 rings (SSSR count). The third-order valence-corrected chi connectivity index (χ3v) is 5.72. The van der Waals surface area contributed by atoms with Crippen molar-refractivity contribution in [2.24, 2.45) is 0 Å². The number of anilines is 1. The second-order valence-corrected chi connectivity index (χ2v) is 8.32. The van der Waals surface area contributed by atoms with Crippen LogP contribution in [0, 0.1) is 0 Å². The number of carbonyl (C=O) groups is 2. The topological polar surface area (TPSA) is 92.3 Å². The molecule has 0 aliphatic heterocycles. The summed E-state index contributed by atoms with van der Waals surface area (Å²) in [6, 6.07) is 15.3. The maximum Gasteiger partial charge on any atom is 0.331 e. The molecule has 0 aromatic heterocycles. The molecule has 1 amide bonds. The highest BCUT2D eigenvalue weighted by molar-refractivity contribution is 6.42. The minimum Gasteiger partial charge on any atom is -0.497 e. The number of nitrogens with one attached hydrogen (secondary N) is 1. The standard InChI is InChI=1S/C27H25Cl2NO7/c1-33-20-8-6-19(7-9-20)30-25(31)16-36-26(32)11-5-17-13-23(34-2)27(24(14-17)35-3)37-15-18-4-10-21(28)22(29)12-18/h4-14H,15-16H2,1-3H3,(H,30,31)/b11-5+. The quantitative estimate of drug-likeness (QED) is 0.240. The zero-order chi connectivity index (χ0) is 26.8. The fourth-order valence-electron chi connectivity index (χ4n) is 3.14. The highest BCUT2D eigenvalue weighted by Gasteiger charge is 2.15. The first-order chi connectivity index (χ1) is 17.8. The minimum atomic E-state index is -0.692. The molecule has 0 radical (unpaired) electrons. The number of carbonyl (C=O) groups excluding carboxylic acids is 2. The molecule has 8 nitrogen and oxygen atoms in total. The van der Waals surface area contributed by atoms with E-state index in [4.69, 9.17) is 46.9 Å². The van der Waals surface area contributed by atoms with Gasteiger partial charge in [0.15, 0.2) is 18.1 Å². The Kier molecular flexibility index (Phi) is 10.1. The normalized spacial score (nSPS) is 10.6. The summed E-state index contributed by atoms with van der Waals surface area (Å²) in [6.45, 7) is -0.243. The van der Waals surface area contributed by atoms with Crippen LogP contribution in [0.2, 0.25) is 10.0 Å². The molecule has 0 saturated heterocycles. The minimum absolute atomic E-state index is 0.198. The third-order valence-electron chi connectivity index (χ3n) is 4.98. The lowest BCUT2D eigenvalue weighted by Gasteiger charge is -2.15. The molecule has 10 heteroatoms. The van der Waals surface area contributed by atoms with Crippen LogP contribution in [0.25, 0.3) is 6.08 Å². The highest BCUT2D eigenvalue weighted by atomic mass is 35.5. The van der Waals surface area contributed by atoms with Crippen molar-refractivity contribution >= 4 is 46.8 Å². The zero-order valence-corrected chi connectivity index (χ0v) is 21.9. The van der Waals surface area contributed by atoms with Crippen molar-refractivity contribution in [1.82, 2.24) is 0 Å². The molecule has 0 heterocycles. The average Bonchev–Trinajstić information content (AvgIpc) is 2.91. The molecule has 3 aromatic rings. The molecule has 0 bridgehead atoms. The Morgan fingerprint density at radius 2 is 1.54 bits per heavy atom. The van der Waals surface area contributed by atoms with E-state index >= 15 is 0 Å². The van der Waals surface area contributed by atoms with Gasteiger partial charge in [-0.05, 0) is 65.7 Å². The van der Waals surface area contributed by atoms with Gasteiger partial charge in [0.05, 0.1) is 31.4 Å². The van der Waals surface area contributed by atoms with E-state index in [1.165, 1.54) is 26.4 Å². The molecular weight excluding hydrogens is 521 g/mol. The molecule has 0 saturated carbocycles. The summed E-state index contributed by atoms with van der Waals surface area (Å²) in [7, 11) is 4.53. The van der Waals surface area contributed by atoms with Crippen molar-refractivity contribution in [3.05, 3.63) is 81.8 Å². The van der Waals surface area contributed by atoms with Gasteiger partial charge in [0, 0.05) is 11.8 Å². The van der Waals surface area contributed by atoms with Crippen LogP contribution in [0.15, 0.2) is 60.7 Å². The molecule has 0 unspecified atom stereocenters. The van der Waals surface area contributed by atoms with Crippen molar-refractivity contribution in [2.45, 2.75) is 6.61 Å². The largest absolute Gasteiger partial charge is 0.497 e. The van der Waals surface area contributed by atoms with E-state index in [1.54, 1.807) is 61.7 Å². The summed E-state index contributed by atoms with van der Waals surface area (Å²) in [5.74, 6) is 0.666. The van der Waals surface area contributed by atoms with Crippen LogP contribution in [0.4, 0.5) is 5.69 Å². The number of benzene rings is 3. The van der Waals surface area contributed by atoms with E-state index in [1.807, 2.05) is 0 Å². The Hall–Kier alpha value is -3.88. The molecule has 1 N–H and O–H groups in total. The zero-order valence-electron chi connectivity index (χ0n) is 20.4. The van der Waals surface area contributed by atoms with Gasteiger partial charge >= 0.3 is 5.97 Å². The number of hydrogen-bond acceptors (Lipinski definition) is 7. The molecule has 3 aromatic carbocycles. The second kappa shape index (κ2) is 13.4. The van der Waals surface area contributed by atoms with Crippen LogP contribution in [0.3, 0.4) is 0 Å². The summed E-state index contributed by atoms with van der Waals surface area (Å²) in [5, 5.41) is 3.51. The van der Waals surface area contributed by atoms with Crippen LogP contribution in [-0.2, 0) is 20.9 Å². The Morgan fingerprint density at radius 1 is 0.865 bits per heavy atom. The van der Waals surface area contributed by atoms with E-state index in [9.17, 15) is 9.59 Å². The summed E-state index contributed by atoms with van der Waals surface area (Å²) < 4.78 is 26.9. The SMILES string of the molecule is COc1ccc(NC(=O)COC(=O)/C=C/c2cc(OC)c(OCc3ccc(Cl)c(Cl)c3)c(OC)c2)cc1. The maximum absolute atomic E-state index is 12.1. The molecule has 194 valence electrons. The Morgan fingerprint density at radius 3 is 2.14 bits per heavy atom. The van der Waals surface area contributed by atoms with Gasteiger partial charge in [-0.2, -0.15) is 0 Å². The molecule has 0 aliphatic carbocycles. The van der Waals surface area contributed by atoms with Crippen molar-refractivity contribution in [3.8, 4) is 23.0 Å². The Bertz CT molecular complexity index is 1250. The number of halogens is 2. The summed E-state index contributed by atoms with van der Waals surface area (Å²) in [5.41, 5.74) is 1.95. The van der Waals surface area contributed by atoms with Crippen LogP contribution in [-0.4, -0.2) is 39.8 Å². The van der Waals surface area contributed by atoms with Crippen molar-refractivity contribution in [3.63, 3.8) is 0 Å². The van der Waals surface area contributed by atoms with Gasteiger partial charge in [-0.25, -0.2) is 4.79 Å². The Labute approximate surface area is 224 Å². The molecule has 0 aliphatic rings. The monoisotopic (exact) mass is 545 g/mol. The molecule has 0 spiro atoms. The average molecular weight is 546 g/mol. The first kappa shape index (κ1) is 27.7. The first-order valence-corrected chi connectivity index (χ1v) is 11.7. The van der Waals surface area contributed by atoms with E-state index in [0.717, 1.165) is 5.56 Å². The number of esters is 1. The lowest BCUT2D eigenvalue weighted by Crippen LogP contribution is -2.20. The summed E-state index contributed by atoms with van der Waals surface area (Å²) in [4.78, 5) is 24.2. The fourth-order valence-corrected chi connectivity index (χ4v) is 3.46. The first-order valence-electron chi connectivity index (χ1n) is 10.9. The Balaban J connectivity index is 1.60. The maximum atomic E-state index is 12.1. The lowest BCUT2D eigenvalue weighted by atomic mass is 10.1. The van der Waals surface area contributed by atoms with Crippen LogP contribution in [0.1, 0.15) is 11.1 Å². The van der Waals surface area contributed by atoms with Gasteiger partial charge in [0.25, 0.3) is 5.91 Å². The predicted molar refractivity (Wildman–Crippen MR) is 142 cm³/mol. The fraction of sp³-hybridized carbons (Fsp3) is 0.185. The molecule has 0 fully saturated rings. The predicted octanol–water partition coefficient (Wildman–Crippen LogP) is 5.79. The lowest BCUT2D eigenvalue weighted by molar-refractivity contribution is -0.142. The van der Waals surface area contributed by atoms with E-state index < -0.39 is 18.5 Å². The number of rotatable bonds is 11. The van der Waals surface area contributed by atoms with Crippen LogP contribution < -0.4 is 24.3 Å². The number of methoxy groups -OCH3 is 3. The van der Waals surface area contributed by atoms with Gasteiger partial charge in [0.1, 0.15) is 12.4 Å². The van der Waals surface area contributed by atoms with Crippen LogP contribution in [0.5, 0.6) is 23.0 Å². The highest BCUT2D eigenvalue weighted by Crippen LogP contribution is 2.39. The summed E-state index contributed by atoms with van der Waals surface area (Å²) in [6.07, 6.45) is 2.71. The van der Waals surface area contributed by atoms with E-state index in [2.05, 4.69) is 5.32 Å². The smallest absolute Gasteiger partial charge is 0.331 e. The van der Waals surface area contributed by atoms with Gasteiger partial charge in [-0.15, -0.1) is 0 Å². The number of amides is 1. The van der Waals surface area contributed by atoms with Gasteiger partial charge in [-0.1, -0.05) is 29.3 Å². The third kappa shape index (κ3) is 8.06. The van der Waals surface area contributed by atoms with Crippen LogP contribution >= 0.6 is 23.2 Å².